The zero-order valence-electron chi connectivity index (χ0n) is 14.1. The van der Waals surface area contributed by atoms with Crippen molar-refractivity contribution in [3.8, 4) is 0 Å². The van der Waals surface area contributed by atoms with Crippen LogP contribution in [0.1, 0.15) is 30.0 Å². The molecule has 0 spiro atoms. The molecule has 1 aliphatic carbocycles. The molecule has 0 radical (unpaired) electrons. The van der Waals surface area contributed by atoms with Gasteiger partial charge in [-0.05, 0) is 42.5 Å². The van der Waals surface area contributed by atoms with Crippen molar-refractivity contribution in [1.29, 1.82) is 0 Å². The molecule has 0 N–H and O–H groups in total. The van der Waals surface area contributed by atoms with Gasteiger partial charge < -0.3 is 4.90 Å². The topological polar surface area (TPSA) is 42.3 Å². The molecule has 2 aromatic carbocycles. The van der Waals surface area contributed by atoms with E-state index in [0.29, 0.717) is 5.39 Å². The van der Waals surface area contributed by atoms with Crippen LogP contribution in [0.3, 0.4) is 0 Å². The van der Waals surface area contributed by atoms with Gasteiger partial charge in [-0.25, -0.2) is 0 Å². The Labute approximate surface area is 150 Å². The first kappa shape index (κ1) is 16.1. The maximum Gasteiger partial charge on any atom is 0.268 e. The number of benzene rings is 2. The predicted molar refractivity (Wildman–Crippen MR) is 101 cm³/mol. The first-order valence-electron chi connectivity index (χ1n) is 8.57. The van der Waals surface area contributed by atoms with Gasteiger partial charge in [-0.3, -0.25) is 13.5 Å². The molecular formula is C20H20N2O2S. The summed E-state index contributed by atoms with van der Waals surface area (Å²) in [6.07, 6.45) is 3.13. The van der Waals surface area contributed by atoms with Gasteiger partial charge in [-0.1, -0.05) is 47.9 Å². The molecule has 0 saturated heterocycles. The maximum absolute atomic E-state index is 12.8. The van der Waals surface area contributed by atoms with Crippen LogP contribution in [-0.4, -0.2) is 21.8 Å². The number of amides is 1. The summed E-state index contributed by atoms with van der Waals surface area (Å²) in [4.78, 5) is 27.1. The summed E-state index contributed by atoms with van der Waals surface area (Å²) in [5.74, 6) is -0.0182. The number of rotatable bonds is 3. The fourth-order valence-electron chi connectivity index (χ4n) is 3.66. The zero-order valence-corrected chi connectivity index (χ0v) is 15.0. The third-order valence-corrected chi connectivity index (χ3v) is 6.10. The third-order valence-electron chi connectivity index (χ3n) is 5.03. The van der Waals surface area contributed by atoms with E-state index in [1.54, 1.807) is 3.96 Å². The average molecular weight is 352 g/mol. The maximum atomic E-state index is 12.8. The number of nitrogens with zero attached hydrogens (tertiary/aromatic N) is 2. The molecule has 0 bridgehead atoms. The van der Waals surface area contributed by atoms with Gasteiger partial charge in [-0.15, -0.1) is 0 Å². The second-order valence-electron chi connectivity index (χ2n) is 6.54. The summed E-state index contributed by atoms with van der Waals surface area (Å²) in [7, 11) is 1.85. The number of hydrogen-bond acceptors (Lipinski definition) is 3. The van der Waals surface area contributed by atoms with Crippen molar-refractivity contribution in [2.75, 3.05) is 7.05 Å². The van der Waals surface area contributed by atoms with Crippen molar-refractivity contribution in [1.82, 2.24) is 8.86 Å². The zero-order chi connectivity index (χ0) is 17.4. The average Bonchev–Trinajstić information content (AvgIpc) is 2.96. The predicted octanol–water partition coefficient (Wildman–Crippen LogP) is 3.60. The molecule has 0 saturated carbocycles. The van der Waals surface area contributed by atoms with Gasteiger partial charge in [0.05, 0.1) is 16.1 Å². The number of carbonyl (C=O) groups is 1. The van der Waals surface area contributed by atoms with Gasteiger partial charge in [0.1, 0.15) is 6.54 Å². The second kappa shape index (κ2) is 6.48. The number of aromatic nitrogens is 1. The number of aryl methyl sites for hydroxylation is 1. The molecule has 1 amide bonds. The van der Waals surface area contributed by atoms with Crippen molar-refractivity contribution in [3.05, 3.63) is 70.0 Å². The largest absolute Gasteiger partial charge is 0.337 e. The minimum absolute atomic E-state index is 0.0182. The van der Waals surface area contributed by atoms with Crippen molar-refractivity contribution < 1.29 is 4.79 Å². The molecule has 4 nitrogen and oxygen atoms in total. The third kappa shape index (κ3) is 2.89. The molecule has 3 aromatic rings. The van der Waals surface area contributed by atoms with E-state index in [1.807, 2.05) is 42.3 Å². The number of likely N-dealkylation sites (N-methyl/N-ethyl adjacent to an activating group) is 1. The van der Waals surface area contributed by atoms with E-state index in [1.165, 1.54) is 22.7 Å². The lowest BCUT2D eigenvalue weighted by Crippen LogP contribution is -2.36. The number of fused-ring (bicyclic) bond motifs is 2. The van der Waals surface area contributed by atoms with Crippen LogP contribution in [-0.2, 0) is 17.8 Å². The van der Waals surface area contributed by atoms with E-state index in [2.05, 4.69) is 18.2 Å². The smallest absolute Gasteiger partial charge is 0.268 e. The van der Waals surface area contributed by atoms with E-state index >= 15 is 0 Å². The highest BCUT2D eigenvalue weighted by Crippen LogP contribution is 2.33. The fraction of sp³-hybridized carbons (Fsp3) is 0.300. The molecular weight excluding hydrogens is 332 g/mol. The Balaban J connectivity index is 1.59. The molecule has 0 aliphatic heterocycles. The van der Waals surface area contributed by atoms with Crippen molar-refractivity contribution >= 4 is 27.5 Å². The molecule has 0 unspecified atom stereocenters. The van der Waals surface area contributed by atoms with Gasteiger partial charge in [0.15, 0.2) is 0 Å². The molecule has 5 heteroatoms. The molecule has 1 aliphatic rings. The quantitative estimate of drug-likeness (QED) is 0.723. The fourth-order valence-corrected chi connectivity index (χ4v) is 4.65. The Hall–Kier alpha value is -2.40. The summed E-state index contributed by atoms with van der Waals surface area (Å²) in [5.41, 5.74) is 2.50. The SMILES string of the molecule is CN(C(=O)Cn1sc2ccccc2c1=O)[C@H]1CCCc2ccccc21. The molecule has 4 rings (SSSR count). The highest BCUT2D eigenvalue weighted by molar-refractivity contribution is 7.13. The van der Waals surface area contributed by atoms with Crippen LogP contribution in [0.15, 0.2) is 53.3 Å². The Morgan fingerprint density at radius 2 is 1.96 bits per heavy atom. The number of hydrogen-bond donors (Lipinski definition) is 0. The Morgan fingerprint density at radius 3 is 2.80 bits per heavy atom. The normalized spacial score (nSPS) is 16.6. The standard InChI is InChI=1S/C20H20N2O2S/c1-21(17-11-6-8-14-7-2-3-9-15(14)17)19(23)13-22-20(24)16-10-4-5-12-18(16)25-22/h2-5,7,9-10,12,17H,6,8,11,13H2,1H3/t17-/m0/s1. The summed E-state index contributed by atoms with van der Waals surface area (Å²) in [6.45, 7) is 0.105. The first-order valence-corrected chi connectivity index (χ1v) is 9.35. The van der Waals surface area contributed by atoms with Crippen LogP contribution < -0.4 is 5.56 Å². The van der Waals surface area contributed by atoms with Gasteiger partial charge >= 0.3 is 0 Å². The van der Waals surface area contributed by atoms with Crippen LogP contribution in [0.25, 0.3) is 10.1 Å². The summed E-state index contributed by atoms with van der Waals surface area (Å²) in [6, 6.07) is 16.0. The summed E-state index contributed by atoms with van der Waals surface area (Å²) in [5, 5.41) is 0.686. The molecule has 1 heterocycles. The lowest BCUT2D eigenvalue weighted by molar-refractivity contribution is -0.132. The van der Waals surface area contributed by atoms with Gasteiger partial charge in [0.25, 0.3) is 5.56 Å². The van der Waals surface area contributed by atoms with Crippen LogP contribution in [0, 0.1) is 0 Å². The molecule has 1 aromatic heterocycles. The van der Waals surface area contributed by atoms with Crippen LogP contribution in [0.4, 0.5) is 0 Å². The van der Waals surface area contributed by atoms with Crippen LogP contribution in [0.5, 0.6) is 0 Å². The minimum Gasteiger partial charge on any atom is -0.337 e. The number of carbonyl (C=O) groups excluding carboxylic acids is 1. The minimum atomic E-state index is -0.0774. The van der Waals surface area contributed by atoms with Gasteiger partial charge in [-0.2, -0.15) is 0 Å². The van der Waals surface area contributed by atoms with E-state index < -0.39 is 0 Å². The molecule has 128 valence electrons. The van der Waals surface area contributed by atoms with E-state index in [-0.39, 0.29) is 24.1 Å². The van der Waals surface area contributed by atoms with Crippen molar-refractivity contribution in [2.24, 2.45) is 0 Å². The lowest BCUT2D eigenvalue weighted by Gasteiger charge is -2.33. The summed E-state index contributed by atoms with van der Waals surface area (Å²) >= 11 is 1.36. The monoisotopic (exact) mass is 352 g/mol. The Morgan fingerprint density at radius 1 is 1.20 bits per heavy atom. The summed E-state index contributed by atoms with van der Waals surface area (Å²) < 4.78 is 2.49. The van der Waals surface area contributed by atoms with Gasteiger partial charge in [0, 0.05) is 7.05 Å². The van der Waals surface area contributed by atoms with Crippen molar-refractivity contribution in [3.63, 3.8) is 0 Å². The van der Waals surface area contributed by atoms with Crippen LogP contribution >= 0.6 is 11.5 Å². The van der Waals surface area contributed by atoms with E-state index in [4.69, 9.17) is 0 Å². The van der Waals surface area contributed by atoms with Gasteiger partial charge in [0.2, 0.25) is 5.91 Å². The second-order valence-corrected chi connectivity index (χ2v) is 7.60. The Bertz CT molecular complexity index is 989. The highest BCUT2D eigenvalue weighted by atomic mass is 32.1. The van der Waals surface area contributed by atoms with E-state index in [9.17, 15) is 9.59 Å². The van der Waals surface area contributed by atoms with Crippen molar-refractivity contribution in [2.45, 2.75) is 31.8 Å². The van der Waals surface area contributed by atoms with E-state index in [0.717, 1.165) is 24.0 Å². The highest BCUT2D eigenvalue weighted by Gasteiger charge is 2.27. The molecule has 1 atom stereocenters. The first-order chi connectivity index (χ1) is 12.1. The lowest BCUT2D eigenvalue weighted by atomic mass is 9.87. The molecule has 25 heavy (non-hydrogen) atoms. The Kier molecular flexibility index (Phi) is 4.17. The molecule has 0 fully saturated rings. The van der Waals surface area contributed by atoms with Crippen LogP contribution in [0.2, 0.25) is 0 Å².